The highest BCUT2D eigenvalue weighted by molar-refractivity contribution is 7.92. The number of carbonyl (C=O) groups is 1. The molecule has 35 heavy (non-hydrogen) atoms. The molecular formula is C27H33N3O4S. The van der Waals surface area contributed by atoms with Crippen molar-refractivity contribution >= 4 is 21.6 Å². The van der Waals surface area contributed by atoms with Crippen LogP contribution in [0.4, 0.5) is 5.69 Å². The molecule has 1 unspecified atom stereocenters. The van der Waals surface area contributed by atoms with E-state index in [-0.39, 0.29) is 22.4 Å². The van der Waals surface area contributed by atoms with E-state index in [0.29, 0.717) is 12.2 Å². The fraction of sp³-hybridized carbons (Fsp3) is 0.296. The number of rotatable bonds is 11. The summed E-state index contributed by atoms with van der Waals surface area (Å²) >= 11 is 0. The number of likely N-dealkylation sites (N-methyl/N-ethyl adjacent to an activating group) is 1. The summed E-state index contributed by atoms with van der Waals surface area (Å²) in [6, 6.07) is 22.7. The van der Waals surface area contributed by atoms with Gasteiger partial charge in [-0.2, -0.15) is 0 Å². The van der Waals surface area contributed by atoms with Crippen molar-refractivity contribution < 1.29 is 17.9 Å². The number of nitrogens with one attached hydrogen (secondary N) is 1. The highest BCUT2D eigenvalue weighted by Gasteiger charge is 2.23. The zero-order chi connectivity index (χ0) is 25.4. The Kier molecular flexibility index (Phi) is 8.89. The SMILES string of the molecule is CCN(CC)C(CNC(=O)c1cccc(S(=O)(=O)N(C)c2ccccc2)c1)c1cccc(OC)c1. The maximum atomic E-state index is 13.2. The molecule has 0 saturated carbocycles. The van der Waals surface area contributed by atoms with Crippen LogP contribution in [0.3, 0.4) is 0 Å². The van der Waals surface area contributed by atoms with Gasteiger partial charge in [-0.3, -0.25) is 14.0 Å². The monoisotopic (exact) mass is 495 g/mol. The second-order valence-corrected chi connectivity index (χ2v) is 10.0. The molecule has 8 heteroatoms. The van der Waals surface area contributed by atoms with E-state index in [9.17, 15) is 13.2 Å². The van der Waals surface area contributed by atoms with Gasteiger partial charge in [0, 0.05) is 19.2 Å². The first kappa shape index (κ1) is 26.2. The molecule has 0 aliphatic rings. The third kappa shape index (κ3) is 6.21. The van der Waals surface area contributed by atoms with Crippen molar-refractivity contribution in [3.63, 3.8) is 0 Å². The minimum Gasteiger partial charge on any atom is -0.497 e. The molecule has 0 aliphatic heterocycles. The molecule has 0 aliphatic carbocycles. The summed E-state index contributed by atoms with van der Waals surface area (Å²) in [6.07, 6.45) is 0. The minimum atomic E-state index is -3.82. The quantitative estimate of drug-likeness (QED) is 0.428. The zero-order valence-corrected chi connectivity index (χ0v) is 21.5. The molecular weight excluding hydrogens is 462 g/mol. The Labute approximate surface area is 208 Å². The number of carbonyl (C=O) groups excluding carboxylic acids is 1. The van der Waals surface area contributed by atoms with Gasteiger partial charge in [0.25, 0.3) is 15.9 Å². The van der Waals surface area contributed by atoms with Crippen LogP contribution in [0.25, 0.3) is 0 Å². The third-order valence-corrected chi connectivity index (χ3v) is 7.84. The van der Waals surface area contributed by atoms with Crippen molar-refractivity contribution in [2.75, 3.05) is 38.1 Å². The Hall–Kier alpha value is -3.36. The number of nitrogens with zero attached hydrogens (tertiary/aromatic N) is 2. The van der Waals surface area contributed by atoms with Gasteiger partial charge in [-0.1, -0.05) is 50.2 Å². The standard InChI is InChI=1S/C27H33N3O4S/c1-5-30(6-2)26(21-12-10-16-24(18-21)34-4)20-28-27(31)22-13-11-17-25(19-22)35(32,33)29(3)23-14-8-7-9-15-23/h7-19,26H,5-6,20H2,1-4H3,(H,28,31). The van der Waals surface area contributed by atoms with Crippen LogP contribution in [0.15, 0.2) is 83.8 Å². The summed E-state index contributed by atoms with van der Waals surface area (Å²) < 4.78 is 32.9. The minimum absolute atomic E-state index is 0.0554. The highest BCUT2D eigenvalue weighted by atomic mass is 32.2. The van der Waals surface area contributed by atoms with E-state index >= 15 is 0 Å². The number of anilines is 1. The van der Waals surface area contributed by atoms with E-state index < -0.39 is 10.0 Å². The third-order valence-electron chi connectivity index (χ3n) is 6.06. The van der Waals surface area contributed by atoms with E-state index in [1.54, 1.807) is 43.5 Å². The number of ether oxygens (including phenoxy) is 1. The highest BCUT2D eigenvalue weighted by Crippen LogP contribution is 2.25. The van der Waals surface area contributed by atoms with Crippen molar-refractivity contribution in [3.8, 4) is 5.75 Å². The van der Waals surface area contributed by atoms with E-state index in [1.807, 2.05) is 30.3 Å². The number of hydrogen-bond acceptors (Lipinski definition) is 5. The lowest BCUT2D eigenvalue weighted by atomic mass is 10.0. The average molecular weight is 496 g/mol. The van der Waals surface area contributed by atoms with Crippen LogP contribution in [0, 0.1) is 0 Å². The molecule has 7 nitrogen and oxygen atoms in total. The molecule has 0 saturated heterocycles. The molecule has 3 aromatic carbocycles. The molecule has 0 radical (unpaired) electrons. The normalized spacial score (nSPS) is 12.3. The van der Waals surface area contributed by atoms with E-state index in [1.165, 1.54) is 23.5 Å². The van der Waals surface area contributed by atoms with Gasteiger partial charge in [-0.15, -0.1) is 0 Å². The molecule has 1 N–H and O–H groups in total. The Morgan fingerprint density at radius 1 is 0.943 bits per heavy atom. The van der Waals surface area contributed by atoms with Gasteiger partial charge < -0.3 is 10.1 Å². The van der Waals surface area contributed by atoms with Gasteiger partial charge in [-0.25, -0.2) is 8.42 Å². The van der Waals surface area contributed by atoms with E-state index in [4.69, 9.17) is 4.74 Å². The van der Waals surface area contributed by atoms with Crippen LogP contribution in [0.5, 0.6) is 5.75 Å². The summed E-state index contributed by atoms with van der Waals surface area (Å²) in [5.41, 5.74) is 1.87. The van der Waals surface area contributed by atoms with Crippen molar-refractivity contribution in [1.29, 1.82) is 0 Å². The fourth-order valence-corrected chi connectivity index (χ4v) is 5.24. The summed E-state index contributed by atoms with van der Waals surface area (Å²) in [7, 11) is -0.691. The number of methoxy groups -OCH3 is 1. The lowest BCUT2D eigenvalue weighted by Gasteiger charge is -2.30. The van der Waals surface area contributed by atoms with E-state index in [0.717, 1.165) is 24.4 Å². The predicted molar refractivity (Wildman–Crippen MR) is 139 cm³/mol. The average Bonchev–Trinajstić information content (AvgIpc) is 2.91. The first-order chi connectivity index (χ1) is 16.8. The molecule has 0 aromatic heterocycles. The molecule has 0 bridgehead atoms. The molecule has 0 heterocycles. The first-order valence-corrected chi connectivity index (χ1v) is 13.1. The van der Waals surface area contributed by atoms with Crippen molar-refractivity contribution in [2.45, 2.75) is 24.8 Å². The van der Waals surface area contributed by atoms with Gasteiger partial charge in [0.05, 0.1) is 23.7 Å². The predicted octanol–water partition coefficient (Wildman–Crippen LogP) is 4.33. The summed E-state index contributed by atoms with van der Waals surface area (Å²) in [6.45, 7) is 6.16. The summed E-state index contributed by atoms with van der Waals surface area (Å²) in [5, 5.41) is 2.99. The van der Waals surface area contributed by atoms with Gasteiger partial charge in [0.1, 0.15) is 5.75 Å². The maximum Gasteiger partial charge on any atom is 0.264 e. The van der Waals surface area contributed by atoms with Gasteiger partial charge >= 0.3 is 0 Å². The Bertz CT molecular complexity index is 1230. The van der Waals surface area contributed by atoms with Crippen molar-refractivity contribution in [3.05, 3.63) is 90.0 Å². The number of sulfonamides is 1. The smallest absolute Gasteiger partial charge is 0.264 e. The zero-order valence-electron chi connectivity index (χ0n) is 20.6. The molecule has 3 aromatic rings. The van der Waals surface area contributed by atoms with Gasteiger partial charge in [-0.05, 0) is 61.1 Å². The summed E-state index contributed by atoms with van der Waals surface area (Å²) in [4.78, 5) is 15.4. The molecule has 3 rings (SSSR count). The van der Waals surface area contributed by atoms with Crippen LogP contribution in [-0.4, -0.2) is 53.0 Å². The number of para-hydroxylation sites is 1. The Morgan fingerprint density at radius 3 is 2.29 bits per heavy atom. The van der Waals surface area contributed by atoms with Crippen molar-refractivity contribution in [2.24, 2.45) is 0 Å². The second kappa shape index (κ2) is 11.9. The summed E-state index contributed by atoms with van der Waals surface area (Å²) in [5.74, 6) is 0.427. The lowest BCUT2D eigenvalue weighted by molar-refractivity contribution is 0.0934. The van der Waals surface area contributed by atoms with Crippen LogP contribution >= 0.6 is 0 Å². The Morgan fingerprint density at radius 2 is 1.63 bits per heavy atom. The van der Waals surface area contributed by atoms with Crippen LogP contribution < -0.4 is 14.4 Å². The second-order valence-electron chi connectivity index (χ2n) is 8.06. The van der Waals surface area contributed by atoms with Crippen LogP contribution in [-0.2, 0) is 10.0 Å². The molecule has 1 amide bonds. The van der Waals surface area contributed by atoms with E-state index in [2.05, 4.69) is 24.1 Å². The van der Waals surface area contributed by atoms with Gasteiger partial charge in [0.2, 0.25) is 0 Å². The Balaban J connectivity index is 1.81. The topological polar surface area (TPSA) is 79.0 Å². The molecule has 0 fully saturated rings. The number of amides is 1. The largest absolute Gasteiger partial charge is 0.497 e. The number of benzene rings is 3. The van der Waals surface area contributed by atoms with Crippen molar-refractivity contribution in [1.82, 2.24) is 10.2 Å². The van der Waals surface area contributed by atoms with Gasteiger partial charge in [0.15, 0.2) is 0 Å². The van der Waals surface area contributed by atoms with Crippen LogP contribution in [0.2, 0.25) is 0 Å². The molecule has 1 atom stereocenters. The fourth-order valence-electron chi connectivity index (χ4n) is 3.99. The number of hydrogen-bond donors (Lipinski definition) is 1. The molecule has 186 valence electrons. The maximum absolute atomic E-state index is 13.2. The lowest BCUT2D eigenvalue weighted by Crippen LogP contribution is -2.38. The van der Waals surface area contributed by atoms with Crippen LogP contribution in [0.1, 0.15) is 35.8 Å². The molecule has 0 spiro atoms. The first-order valence-electron chi connectivity index (χ1n) is 11.6.